The first-order valence-electron chi connectivity index (χ1n) is 16.1. The Bertz CT molecular complexity index is 2120. The Morgan fingerprint density at radius 2 is 1.76 bits per heavy atom. The van der Waals surface area contributed by atoms with Gasteiger partial charge in [-0.05, 0) is 64.6 Å². The molecule has 5 aromatic rings. The number of nitrogens with zero attached hydrogens (tertiary/aromatic N) is 3. The van der Waals surface area contributed by atoms with E-state index in [1.165, 1.54) is 13.2 Å². The predicted molar refractivity (Wildman–Crippen MR) is 183 cm³/mol. The number of hydrogen-bond acceptors (Lipinski definition) is 7. The number of carbonyl (C=O) groups excluding carboxylic acids is 1. The minimum Gasteiger partial charge on any atom is -0.497 e. The van der Waals surface area contributed by atoms with Crippen LogP contribution in [-0.2, 0) is 22.4 Å². The summed E-state index contributed by atoms with van der Waals surface area (Å²) < 4.78 is 39.0. The second kappa shape index (κ2) is 13.2. The fraction of sp³-hybridized carbons (Fsp3) is 0.256. The van der Waals surface area contributed by atoms with Crippen molar-refractivity contribution in [1.82, 2.24) is 9.78 Å². The summed E-state index contributed by atoms with van der Waals surface area (Å²) in [4.78, 5) is 11.9. The zero-order valence-corrected chi connectivity index (χ0v) is 27.3. The van der Waals surface area contributed by atoms with Gasteiger partial charge in [0.2, 0.25) is 0 Å². The fourth-order valence-corrected chi connectivity index (χ4v) is 6.87. The van der Waals surface area contributed by atoms with Crippen molar-refractivity contribution in [3.05, 3.63) is 118 Å². The molecule has 49 heavy (non-hydrogen) atoms. The molecule has 0 radical (unpaired) electrons. The van der Waals surface area contributed by atoms with Crippen LogP contribution >= 0.6 is 0 Å². The molecule has 9 nitrogen and oxygen atoms in total. The number of allylic oxidation sites excluding steroid dienone is 1. The summed E-state index contributed by atoms with van der Waals surface area (Å²) in [5.41, 5.74) is 12.8. The first kappa shape index (κ1) is 32.1. The van der Waals surface area contributed by atoms with Gasteiger partial charge in [0.25, 0.3) is 5.91 Å². The van der Waals surface area contributed by atoms with Gasteiger partial charge >= 0.3 is 0 Å². The third-order valence-electron chi connectivity index (χ3n) is 9.32. The van der Waals surface area contributed by atoms with E-state index in [1.807, 2.05) is 59.4 Å². The molecule has 1 fully saturated rings. The Balaban J connectivity index is 1.28. The third-order valence-corrected chi connectivity index (χ3v) is 9.32. The van der Waals surface area contributed by atoms with Crippen molar-refractivity contribution < 1.29 is 28.1 Å². The van der Waals surface area contributed by atoms with Crippen molar-refractivity contribution in [2.75, 3.05) is 27.4 Å². The van der Waals surface area contributed by atoms with Crippen molar-refractivity contribution in [2.45, 2.75) is 38.0 Å². The van der Waals surface area contributed by atoms with Gasteiger partial charge in [-0.3, -0.25) is 9.48 Å². The fourth-order valence-electron chi connectivity index (χ4n) is 6.87. The molecule has 4 aromatic carbocycles. The number of ether oxygens (including phenoxy) is 4. The van der Waals surface area contributed by atoms with Crippen molar-refractivity contribution in [1.29, 1.82) is 5.26 Å². The second-order valence-electron chi connectivity index (χ2n) is 12.3. The van der Waals surface area contributed by atoms with Gasteiger partial charge in [-0.1, -0.05) is 42.5 Å². The minimum atomic E-state index is -0.763. The van der Waals surface area contributed by atoms with Gasteiger partial charge in [0.05, 0.1) is 45.1 Å². The van der Waals surface area contributed by atoms with Crippen LogP contribution in [0.15, 0.2) is 79.0 Å². The molecule has 1 spiro atoms. The zero-order valence-electron chi connectivity index (χ0n) is 27.3. The van der Waals surface area contributed by atoms with Gasteiger partial charge in [-0.25, -0.2) is 4.39 Å². The summed E-state index contributed by atoms with van der Waals surface area (Å²) in [5, 5.41) is 16.4. The summed E-state index contributed by atoms with van der Waals surface area (Å²) in [6, 6.07) is 22.5. The number of rotatable bonds is 9. The predicted octanol–water partition coefficient (Wildman–Crippen LogP) is 6.78. The maximum atomic E-state index is 14.4. The standard InChI is InChI=1S/C39H35FN4O5/c1-46-30-9-5-25(6-10-30)22-44-23-35-32(27-11-13-39(14-12-27)48-15-16-49-39)20-31(34(21-41)36(35)43-44)26-7-3-24(4-8-26)17-28-18-29(40)19-33(38(42)45)37(28)47-2/h3-11,18-20,23H,12-17,22H2,1-2H3,(H2,42,45). The number of amides is 1. The van der Waals surface area contributed by atoms with E-state index >= 15 is 0 Å². The number of aromatic nitrogens is 2. The number of benzene rings is 4. The minimum absolute atomic E-state index is 0.00552. The van der Waals surface area contributed by atoms with Crippen LogP contribution in [0.25, 0.3) is 27.6 Å². The van der Waals surface area contributed by atoms with Gasteiger partial charge in [-0.15, -0.1) is 0 Å². The van der Waals surface area contributed by atoms with Crippen LogP contribution in [0, 0.1) is 17.1 Å². The molecule has 2 aliphatic rings. The van der Waals surface area contributed by atoms with Crippen LogP contribution < -0.4 is 15.2 Å². The van der Waals surface area contributed by atoms with E-state index in [1.54, 1.807) is 7.11 Å². The maximum absolute atomic E-state index is 14.4. The average Bonchev–Trinajstić information content (AvgIpc) is 3.75. The molecule has 0 saturated carbocycles. The van der Waals surface area contributed by atoms with Crippen LogP contribution in [0.2, 0.25) is 0 Å². The highest BCUT2D eigenvalue weighted by molar-refractivity contribution is 6.00. The van der Waals surface area contributed by atoms with Crippen molar-refractivity contribution >= 4 is 22.4 Å². The lowest BCUT2D eigenvalue weighted by Crippen LogP contribution is -2.31. The molecule has 0 unspecified atom stereocenters. The lowest BCUT2D eigenvalue weighted by molar-refractivity contribution is -0.159. The van der Waals surface area contributed by atoms with Crippen molar-refractivity contribution in [3.63, 3.8) is 0 Å². The highest BCUT2D eigenvalue weighted by atomic mass is 19.1. The normalized spacial score (nSPS) is 15.3. The molecule has 0 atom stereocenters. The molecule has 1 aliphatic carbocycles. The van der Waals surface area contributed by atoms with E-state index in [0.717, 1.165) is 63.4 Å². The number of nitriles is 1. The molecule has 1 aliphatic heterocycles. The molecule has 1 saturated heterocycles. The molecular formula is C39H35FN4O5. The largest absolute Gasteiger partial charge is 0.497 e. The highest BCUT2D eigenvalue weighted by Gasteiger charge is 2.38. The lowest BCUT2D eigenvalue weighted by Gasteiger charge is -2.31. The van der Waals surface area contributed by atoms with E-state index < -0.39 is 17.5 Å². The summed E-state index contributed by atoms with van der Waals surface area (Å²) in [5.74, 6) is -0.861. The van der Waals surface area contributed by atoms with Crippen LogP contribution in [-0.4, -0.2) is 48.9 Å². The van der Waals surface area contributed by atoms with E-state index in [-0.39, 0.29) is 11.3 Å². The summed E-state index contributed by atoms with van der Waals surface area (Å²) in [6.45, 7) is 1.72. The van der Waals surface area contributed by atoms with Gasteiger partial charge < -0.3 is 24.7 Å². The van der Waals surface area contributed by atoms with E-state index in [0.29, 0.717) is 49.2 Å². The zero-order chi connectivity index (χ0) is 34.1. The van der Waals surface area contributed by atoms with Crippen molar-refractivity contribution in [3.8, 4) is 28.7 Å². The molecule has 7 rings (SSSR count). The molecular weight excluding hydrogens is 623 g/mol. The summed E-state index contributed by atoms with van der Waals surface area (Å²) in [7, 11) is 3.07. The molecule has 248 valence electrons. The van der Waals surface area contributed by atoms with E-state index in [9.17, 15) is 14.4 Å². The third kappa shape index (κ3) is 6.26. The molecule has 1 aromatic heterocycles. The Kier molecular flexibility index (Phi) is 8.63. The average molecular weight is 659 g/mol. The molecule has 0 bridgehead atoms. The Labute approximate surface area is 283 Å². The first-order valence-corrected chi connectivity index (χ1v) is 16.1. The molecule has 2 N–H and O–H groups in total. The monoisotopic (exact) mass is 658 g/mol. The summed E-state index contributed by atoms with van der Waals surface area (Å²) >= 11 is 0. The number of hydrogen-bond donors (Lipinski definition) is 1. The van der Waals surface area contributed by atoms with Gasteiger partial charge in [0.1, 0.15) is 28.9 Å². The number of primary amides is 1. The van der Waals surface area contributed by atoms with Gasteiger partial charge in [-0.2, -0.15) is 10.4 Å². The van der Waals surface area contributed by atoms with Crippen molar-refractivity contribution in [2.24, 2.45) is 5.73 Å². The Morgan fingerprint density at radius 3 is 2.39 bits per heavy atom. The van der Waals surface area contributed by atoms with Crippen LogP contribution in [0.5, 0.6) is 11.5 Å². The topological polar surface area (TPSA) is 122 Å². The van der Waals surface area contributed by atoms with E-state index in [2.05, 4.69) is 18.2 Å². The smallest absolute Gasteiger partial charge is 0.252 e. The second-order valence-corrected chi connectivity index (χ2v) is 12.3. The van der Waals surface area contributed by atoms with Crippen LogP contribution in [0.1, 0.15) is 57.4 Å². The van der Waals surface area contributed by atoms with Gasteiger partial charge in [0, 0.05) is 42.0 Å². The SMILES string of the molecule is COc1ccc(Cn2cc3c(C4=CCC5(CC4)OCCO5)cc(-c4ccc(Cc5cc(F)cc(C(N)=O)c5OC)cc4)c(C#N)c3n2)cc1. The highest BCUT2D eigenvalue weighted by Crippen LogP contribution is 2.42. The van der Waals surface area contributed by atoms with Gasteiger partial charge in [0.15, 0.2) is 5.79 Å². The first-order chi connectivity index (χ1) is 23.8. The number of methoxy groups -OCH3 is 2. The van der Waals surface area contributed by atoms with E-state index in [4.69, 9.17) is 29.8 Å². The molecule has 2 heterocycles. The van der Waals surface area contributed by atoms with Crippen LogP contribution in [0.4, 0.5) is 4.39 Å². The number of halogens is 1. The number of fused-ring (bicyclic) bond motifs is 1. The molecule has 1 amide bonds. The lowest BCUT2D eigenvalue weighted by atomic mass is 9.85. The van der Waals surface area contributed by atoms with Crippen LogP contribution in [0.3, 0.4) is 0 Å². The Morgan fingerprint density at radius 1 is 1.02 bits per heavy atom. The quantitative estimate of drug-likeness (QED) is 0.185. The molecule has 10 heteroatoms. The number of carbonyl (C=O) groups is 1. The summed E-state index contributed by atoms with van der Waals surface area (Å²) in [6.07, 6.45) is 6.66. The maximum Gasteiger partial charge on any atom is 0.252 e. The Hall–Kier alpha value is -5.50. The number of nitrogens with two attached hydrogens (primary N) is 1.